The van der Waals surface area contributed by atoms with Crippen LogP contribution in [0, 0.1) is 17.3 Å². The van der Waals surface area contributed by atoms with Gasteiger partial charge in [0.2, 0.25) is 5.91 Å². The Bertz CT molecular complexity index is 877. The summed E-state index contributed by atoms with van der Waals surface area (Å²) in [7, 11) is 0. The Morgan fingerprint density at radius 2 is 1.96 bits per heavy atom. The van der Waals surface area contributed by atoms with Gasteiger partial charge in [-0.15, -0.1) is 11.3 Å². The van der Waals surface area contributed by atoms with Gasteiger partial charge >= 0.3 is 0 Å². The SMILES string of the molecule is O=C(N1CCCC1c1nc2ccccc2s1)C12CC3CC(CC(Br)(C3)C1)C2. The second-order valence-corrected chi connectivity index (χ2v) is 12.3. The van der Waals surface area contributed by atoms with E-state index in [2.05, 4.69) is 39.0 Å². The Morgan fingerprint density at radius 1 is 1.19 bits per heavy atom. The number of benzene rings is 1. The molecular weight excluding hydrogens is 420 g/mol. The predicted octanol–water partition coefficient (Wildman–Crippen LogP) is 5.69. The summed E-state index contributed by atoms with van der Waals surface area (Å²) in [5.41, 5.74) is 0.971. The molecule has 7 rings (SSSR count). The highest BCUT2D eigenvalue weighted by molar-refractivity contribution is 9.10. The van der Waals surface area contributed by atoms with Crippen molar-refractivity contribution in [1.82, 2.24) is 9.88 Å². The van der Waals surface area contributed by atoms with Crippen LogP contribution >= 0.6 is 27.3 Å². The molecule has 5 aliphatic rings. The number of para-hydroxylation sites is 1. The summed E-state index contributed by atoms with van der Waals surface area (Å²) in [5, 5.41) is 1.14. The average Bonchev–Trinajstić information content (AvgIpc) is 3.25. The van der Waals surface area contributed by atoms with E-state index in [1.165, 1.54) is 24.0 Å². The molecule has 0 radical (unpaired) electrons. The predicted molar refractivity (Wildman–Crippen MR) is 112 cm³/mol. The van der Waals surface area contributed by atoms with Gasteiger partial charge in [-0.05, 0) is 75.3 Å². The molecular formula is C22H25BrN2OS. The first-order valence-corrected chi connectivity index (χ1v) is 12.0. The van der Waals surface area contributed by atoms with Crippen molar-refractivity contribution in [3.63, 3.8) is 0 Å². The smallest absolute Gasteiger partial charge is 0.229 e. The van der Waals surface area contributed by atoms with Gasteiger partial charge in [-0.2, -0.15) is 0 Å². The number of fused-ring (bicyclic) bond motifs is 1. The van der Waals surface area contributed by atoms with Gasteiger partial charge in [0.25, 0.3) is 0 Å². The lowest BCUT2D eigenvalue weighted by Gasteiger charge is -2.60. The first kappa shape index (κ1) is 17.0. The van der Waals surface area contributed by atoms with E-state index in [-0.39, 0.29) is 15.8 Å². The van der Waals surface area contributed by atoms with E-state index in [9.17, 15) is 4.79 Å². The van der Waals surface area contributed by atoms with E-state index in [1.54, 1.807) is 11.3 Å². The highest BCUT2D eigenvalue weighted by atomic mass is 79.9. The van der Waals surface area contributed by atoms with E-state index in [4.69, 9.17) is 4.98 Å². The van der Waals surface area contributed by atoms with Gasteiger partial charge in [0.1, 0.15) is 5.01 Å². The zero-order valence-corrected chi connectivity index (χ0v) is 17.9. The van der Waals surface area contributed by atoms with Crippen LogP contribution in [-0.2, 0) is 4.79 Å². The minimum atomic E-state index is -0.104. The van der Waals surface area contributed by atoms with Gasteiger partial charge in [0.15, 0.2) is 0 Å². The number of hydrogen-bond acceptors (Lipinski definition) is 3. The molecule has 142 valence electrons. The molecule has 5 heteroatoms. The number of carbonyl (C=O) groups is 1. The Morgan fingerprint density at radius 3 is 2.70 bits per heavy atom. The van der Waals surface area contributed by atoms with Gasteiger partial charge in [0, 0.05) is 10.9 Å². The van der Waals surface area contributed by atoms with Crippen molar-refractivity contribution in [3.05, 3.63) is 29.3 Å². The third kappa shape index (κ3) is 2.57. The number of thiazole rings is 1. The molecule has 3 nitrogen and oxygen atoms in total. The average molecular weight is 445 g/mol. The third-order valence-corrected chi connectivity index (χ3v) is 9.62. The van der Waals surface area contributed by atoms with Crippen molar-refractivity contribution >= 4 is 43.4 Å². The van der Waals surface area contributed by atoms with Gasteiger partial charge in [0.05, 0.1) is 21.7 Å². The molecule has 1 aromatic heterocycles. The molecule has 2 aromatic rings. The van der Waals surface area contributed by atoms with Gasteiger partial charge in [-0.25, -0.2) is 4.98 Å². The first-order chi connectivity index (χ1) is 13.0. The van der Waals surface area contributed by atoms with Crippen molar-refractivity contribution in [3.8, 4) is 0 Å². The molecule has 0 spiro atoms. The summed E-state index contributed by atoms with van der Waals surface area (Å²) in [6.45, 7) is 0.909. The van der Waals surface area contributed by atoms with Crippen LogP contribution in [0.4, 0.5) is 0 Å². The Balaban J connectivity index is 1.33. The van der Waals surface area contributed by atoms with Crippen LogP contribution in [0.3, 0.4) is 0 Å². The third-order valence-electron chi connectivity index (χ3n) is 7.55. The molecule has 1 amide bonds. The maximum atomic E-state index is 13.9. The van der Waals surface area contributed by atoms with Crippen LogP contribution < -0.4 is 0 Å². The van der Waals surface area contributed by atoms with Crippen LogP contribution in [-0.4, -0.2) is 26.7 Å². The summed E-state index contributed by atoms with van der Waals surface area (Å²) in [6, 6.07) is 8.55. The van der Waals surface area contributed by atoms with Crippen molar-refractivity contribution in [2.45, 2.75) is 61.7 Å². The number of halogens is 1. The second kappa shape index (κ2) is 5.79. The second-order valence-electron chi connectivity index (χ2n) is 9.57. The number of amides is 1. The molecule has 3 unspecified atom stereocenters. The van der Waals surface area contributed by atoms with Crippen LogP contribution in [0.2, 0.25) is 0 Å². The first-order valence-electron chi connectivity index (χ1n) is 10.4. The van der Waals surface area contributed by atoms with Gasteiger partial charge in [-0.1, -0.05) is 28.1 Å². The number of alkyl halides is 1. The lowest BCUT2D eigenvalue weighted by Crippen LogP contribution is -2.58. The summed E-state index contributed by atoms with van der Waals surface area (Å²) in [6.07, 6.45) is 9.37. The fourth-order valence-electron chi connectivity index (χ4n) is 7.00. The van der Waals surface area contributed by atoms with Gasteiger partial charge in [-0.3, -0.25) is 4.79 Å². The van der Waals surface area contributed by atoms with Crippen molar-refractivity contribution in [1.29, 1.82) is 0 Å². The number of rotatable bonds is 2. The Hall–Kier alpha value is -0.940. The summed E-state index contributed by atoms with van der Waals surface area (Å²) < 4.78 is 1.47. The molecule has 0 N–H and O–H groups in total. The molecule has 3 atom stereocenters. The number of likely N-dealkylation sites (tertiary alicyclic amines) is 1. The quantitative estimate of drug-likeness (QED) is 0.556. The zero-order valence-electron chi connectivity index (χ0n) is 15.5. The maximum absolute atomic E-state index is 13.9. The Labute approximate surface area is 172 Å². The molecule has 1 saturated heterocycles. The fraction of sp³-hybridized carbons (Fsp3) is 0.636. The minimum Gasteiger partial charge on any atom is -0.333 e. The topological polar surface area (TPSA) is 33.2 Å². The largest absolute Gasteiger partial charge is 0.333 e. The van der Waals surface area contributed by atoms with Crippen LogP contribution in [0.15, 0.2) is 24.3 Å². The zero-order chi connectivity index (χ0) is 18.2. The number of aromatic nitrogens is 1. The highest BCUT2D eigenvalue weighted by Crippen LogP contribution is 2.65. The van der Waals surface area contributed by atoms with E-state index in [1.807, 2.05) is 6.07 Å². The van der Waals surface area contributed by atoms with Crippen molar-refractivity contribution < 1.29 is 4.79 Å². The number of hydrogen-bond donors (Lipinski definition) is 0. The van der Waals surface area contributed by atoms with Crippen LogP contribution in [0.5, 0.6) is 0 Å². The molecule has 1 aromatic carbocycles. The summed E-state index contributed by atoms with van der Waals surface area (Å²) in [4.78, 5) is 21.0. The van der Waals surface area contributed by atoms with Gasteiger partial charge < -0.3 is 4.90 Å². The van der Waals surface area contributed by atoms with E-state index in [0.717, 1.165) is 61.0 Å². The number of carbonyl (C=O) groups excluding carboxylic acids is 1. The van der Waals surface area contributed by atoms with E-state index < -0.39 is 0 Å². The highest BCUT2D eigenvalue weighted by Gasteiger charge is 2.61. The van der Waals surface area contributed by atoms with E-state index >= 15 is 0 Å². The normalized spacial score (nSPS) is 40.2. The fourth-order valence-corrected chi connectivity index (χ4v) is 9.57. The van der Waals surface area contributed by atoms with Crippen molar-refractivity contribution in [2.24, 2.45) is 17.3 Å². The standard InChI is InChI=1S/C22H25BrN2OS/c23-22-11-14-8-15(12-22)10-21(9-14,13-22)20(26)25-7-3-5-17(25)19-24-16-4-1-2-6-18(16)27-19/h1-2,4,6,14-15,17H,3,5,7-13H2. The molecule has 4 bridgehead atoms. The van der Waals surface area contributed by atoms with Crippen LogP contribution in [0.25, 0.3) is 10.2 Å². The van der Waals surface area contributed by atoms with Crippen molar-refractivity contribution in [2.75, 3.05) is 6.54 Å². The molecule has 5 fully saturated rings. The summed E-state index contributed by atoms with van der Waals surface area (Å²) >= 11 is 5.85. The van der Waals surface area contributed by atoms with E-state index in [0.29, 0.717) is 5.91 Å². The molecule has 4 saturated carbocycles. The Kier molecular flexibility index (Phi) is 3.64. The summed E-state index contributed by atoms with van der Waals surface area (Å²) in [5.74, 6) is 1.94. The molecule has 27 heavy (non-hydrogen) atoms. The van der Waals surface area contributed by atoms with Crippen LogP contribution in [0.1, 0.15) is 62.4 Å². The molecule has 2 heterocycles. The lowest BCUT2D eigenvalue weighted by molar-refractivity contribution is -0.156. The minimum absolute atomic E-state index is 0.104. The lowest BCUT2D eigenvalue weighted by atomic mass is 9.49. The number of nitrogens with zero attached hydrogens (tertiary/aromatic N) is 2. The molecule has 1 aliphatic heterocycles. The maximum Gasteiger partial charge on any atom is 0.229 e. The monoisotopic (exact) mass is 444 g/mol. The molecule has 4 aliphatic carbocycles.